The van der Waals surface area contributed by atoms with E-state index >= 15 is 0 Å². The third-order valence-electron chi connectivity index (χ3n) is 2.41. The molecule has 0 aliphatic carbocycles. The Morgan fingerprint density at radius 3 is 2.50 bits per heavy atom. The summed E-state index contributed by atoms with van der Waals surface area (Å²) in [6.45, 7) is 3.54. The maximum atomic E-state index is 12.6. The van der Waals surface area contributed by atoms with Gasteiger partial charge in [-0.05, 0) is 30.5 Å². The summed E-state index contributed by atoms with van der Waals surface area (Å²) in [6, 6.07) is 3.32. The molecule has 0 aliphatic heterocycles. The summed E-state index contributed by atoms with van der Waals surface area (Å²) in [7, 11) is 0. The van der Waals surface area contributed by atoms with Crippen molar-refractivity contribution in [1.82, 2.24) is 0 Å². The van der Waals surface area contributed by atoms with Crippen molar-refractivity contribution >= 4 is 24.0 Å². The van der Waals surface area contributed by atoms with Gasteiger partial charge in [0.25, 0.3) is 0 Å². The Labute approximate surface area is 115 Å². The van der Waals surface area contributed by atoms with Crippen LogP contribution in [0.25, 0.3) is 0 Å². The molecule has 0 saturated carbocycles. The van der Waals surface area contributed by atoms with Crippen LogP contribution in [0.2, 0.25) is 5.02 Å². The van der Waals surface area contributed by atoms with Crippen LogP contribution in [0.1, 0.15) is 30.0 Å². The van der Waals surface area contributed by atoms with Crippen molar-refractivity contribution in [2.24, 2.45) is 5.73 Å². The number of benzene rings is 1. The first-order valence-corrected chi connectivity index (χ1v) is 5.47. The van der Waals surface area contributed by atoms with Crippen LogP contribution in [0.15, 0.2) is 30.9 Å². The molecule has 0 heterocycles. The van der Waals surface area contributed by atoms with Crippen molar-refractivity contribution in [2.75, 3.05) is 0 Å². The fourth-order valence-corrected chi connectivity index (χ4v) is 1.68. The fourth-order valence-electron chi connectivity index (χ4n) is 1.45. The van der Waals surface area contributed by atoms with Gasteiger partial charge in [0.1, 0.15) is 0 Å². The summed E-state index contributed by atoms with van der Waals surface area (Å²) in [5.41, 5.74) is 5.38. The minimum atomic E-state index is -4.45. The van der Waals surface area contributed by atoms with Gasteiger partial charge in [0.2, 0.25) is 0 Å². The van der Waals surface area contributed by atoms with E-state index in [0.717, 1.165) is 6.07 Å². The minimum Gasteiger partial charge on any atom is -0.324 e. The van der Waals surface area contributed by atoms with E-state index in [0.29, 0.717) is 18.4 Å². The largest absolute Gasteiger partial charge is 0.417 e. The maximum absolute atomic E-state index is 12.6. The summed E-state index contributed by atoms with van der Waals surface area (Å²) in [4.78, 5) is 0. The molecular formula is C12H14Cl2F3N. The first-order valence-electron chi connectivity index (χ1n) is 5.09. The summed E-state index contributed by atoms with van der Waals surface area (Å²) < 4.78 is 37.8. The number of nitrogens with two attached hydrogens (primary N) is 1. The number of alkyl halides is 3. The Bertz CT molecular complexity index is 405. The lowest BCUT2D eigenvalue weighted by Gasteiger charge is -2.15. The molecule has 102 valence electrons. The van der Waals surface area contributed by atoms with Crippen LogP contribution in [-0.2, 0) is 6.18 Å². The smallest absolute Gasteiger partial charge is 0.324 e. The number of allylic oxidation sites excluding steroid dienone is 1. The molecule has 0 unspecified atom stereocenters. The Hall–Kier alpha value is -0.710. The molecule has 0 radical (unpaired) electrons. The average Bonchev–Trinajstić information content (AvgIpc) is 2.25. The number of hydrogen-bond donors (Lipinski definition) is 1. The molecule has 0 spiro atoms. The highest BCUT2D eigenvalue weighted by Crippen LogP contribution is 2.36. The van der Waals surface area contributed by atoms with Gasteiger partial charge in [-0.3, -0.25) is 0 Å². The lowest BCUT2D eigenvalue weighted by molar-refractivity contribution is -0.137. The molecule has 1 aromatic carbocycles. The van der Waals surface area contributed by atoms with E-state index in [1.54, 1.807) is 6.08 Å². The Kier molecular flexibility index (Phi) is 6.74. The molecule has 2 N–H and O–H groups in total. The monoisotopic (exact) mass is 299 g/mol. The molecule has 0 saturated heterocycles. The lowest BCUT2D eigenvalue weighted by Crippen LogP contribution is -2.12. The van der Waals surface area contributed by atoms with Crippen molar-refractivity contribution < 1.29 is 13.2 Å². The molecule has 0 aromatic heterocycles. The number of hydrogen-bond acceptors (Lipinski definition) is 1. The Morgan fingerprint density at radius 1 is 1.39 bits per heavy atom. The van der Waals surface area contributed by atoms with Gasteiger partial charge in [0.05, 0.1) is 10.6 Å². The van der Waals surface area contributed by atoms with Gasteiger partial charge in [0.15, 0.2) is 0 Å². The van der Waals surface area contributed by atoms with Crippen LogP contribution in [0, 0.1) is 0 Å². The van der Waals surface area contributed by atoms with Gasteiger partial charge >= 0.3 is 6.18 Å². The zero-order chi connectivity index (χ0) is 13.1. The van der Waals surface area contributed by atoms with E-state index in [2.05, 4.69) is 6.58 Å². The van der Waals surface area contributed by atoms with E-state index in [1.807, 2.05) is 0 Å². The van der Waals surface area contributed by atoms with Gasteiger partial charge in [-0.15, -0.1) is 19.0 Å². The topological polar surface area (TPSA) is 26.0 Å². The molecule has 0 aliphatic rings. The van der Waals surface area contributed by atoms with Crippen molar-refractivity contribution in [3.8, 4) is 0 Å². The molecule has 1 nitrogen and oxygen atoms in total. The van der Waals surface area contributed by atoms with Crippen molar-refractivity contribution in [3.63, 3.8) is 0 Å². The molecule has 18 heavy (non-hydrogen) atoms. The SMILES string of the molecule is C=CCC[C@@H](N)c1ccc(Cl)c(C(F)(F)F)c1.Cl. The molecular weight excluding hydrogens is 286 g/mol. The first kappa shape index (κ1) is 17.3. The molecule has 1 rings (SSSR count). The lowest BCUT2D eigenvalue weighted by atomic mass is 10.0. The molecule has 0 bridgehead atoms. The van der Waals surface area contributed by atoms with E-state index in [-0.39, 0.29) is 17.4 Å². The van der Waals surface area contributed by atoms with Crippen LogP contribution in [0.4, 0.5) is 13.2 Å². The summed E-state index contributed by atoms with van der Waals surface area (Å²) >= 11 is 5.51. The van der Waals surface area contributed by atoms with Gasteiger partial charge < -0.3 is 5.73 Å². The maximum Gasteiger partial charge on any atom is 0.417 e. The van der Waals surface area contributed by atoms with Gasteiger partial charge in [-0.25, -0.2) is 0 Å². The summed E-state index contributed by atoms with van der Waals surface area (Å²) in [5.74, 6) is 0. The van der Waals surface area contributed by atoms with E-state index in [9.17, 15) is 13.2 Å². The average molecular weight is 300 g/mol. The standard InChI is InChI=1S/C12H13ClF3N.ClH/c1-2-3-4-11(17)8-5-6-10(13)9(7-8)12(14,15)16;/h2,5-7,11H,1,3-4,17H2;1H/t11-;/m1./s1. The highest BCUT2D eigenvalue weighted by molar-refractivity contribution is 6.31. The van der Waals surface area contributed by atoms with Gasteiger partial charge in [-0.2, -0.15) is 13.2 Å². The highest BCUT2D eigenvalue weighted by Gasteiger charge is 2.33. The number of rotatable bonds is 4. The van der Waals surface area contributed by atoms with Gasteiger partial charge in [-0.1, -0.05) is 23.7 Å². The van der Waals surface area contributed by atoms with E-state index < -0.39 is 17.8 Å². The number of halogens is 5. The quantitative estimate of drug-likeness (QED) is 0.798. The van der Waals surface area contributed by atoms with E-state index in [4.69, 9.17) is 17.3 Å². The third-order valence-corrected chi connectivity index (χ3v) is 2.74. The van der Waals surface area contributed by atoms with Crippen LogP contribution in [0.5, 0.6) is 0 Å². The van der Waals surface area contributed by atoms with Crippen LogP contribution in [0.3, 0.4) is 0 Å². The Morgan fingerprint density at radius 2 is 2.00 bits per heavy atom. The second-order valence-electron chi connectivity index (χ2n) is 3.71. The molecule has 0 fully saturated rings. The Balaban J connectivity index is 0.00000289. The summed E-state index contributed by atoms with van der Waals surface area (Å²) in [5, 5.41) is -0.308. The summed E-state index contributed by atoms with van der Waals surface area (Å²) in [6.07, 6.45) is -1.56. The van der Waals surface area contributed by atoms with E-state index in [1.165, 1.54) is 12.1 Å². The predicted octanol–water partition coefficient (Wildman–Crippen LogP) is 4.75. The zero-order valence-corrected chi connectivity index (χ0v) is 11.1. The second-order valence-corrected chi connectivity index (χ2v) is 4.12. The molecule has 1 atom stereocenters. The van der Waals surface area contributed by atoms with Crippen LogP contribution >= 0.6 is 24.0 Å². The molecule has 1 aromatic rings. The first-order chi connectivity index (χ1) is 7.86. The zero-order valence-electron chi connectivity index (χ0n) is 9.51. The second kappa shape index (κ2) is 7.02. The van der Waals surface area contributed by atoms with Crippen LogP contribution < -0.4 is 5.73 Å². The fraction of sp³-hybridized carbons (Fsp3) is 0.333. The highest BCUT2D eigenvalue weighted by atomic mass is 35.5. The van der Waals surface area contributed by atoms with Gasteiger partial charge in [0, 0.05) is 6.04 Å². The van der Waals surface area contributed by atoms with Crippen molar-refractivity contribution in [3.05, 3.63) is 47.0 Å². The third kappa shape index (κ3) is 4.52. The normalized spacial score (nSPS) is 12.7. The predicted molar refractivity (Wildman–Crippen MR) is 70.1 cm³/mol. The van der Waals surface area contributed by atoms with Crippen molar-refractivity contribution in [2.45, 2.75) is 25.1 Å². The molecule has 0 amide bonds. The minimum absolute atomic E-state index is 0. The van der Waals surface area contributed by atoms with Crippen LogP contribution in [-0.4, -0.2) is 0 Å². The molecule has 6 heteroatoms. The van der Waals surface area contributed by atoms with Crippen molar-refractivity contribution in [1.29, 1.82) is 0 Å².